The van der Waals surface area contributed by atoms with Crippen LogP contribution < -0.4 is 16.1 Å². The van der Waals surface area contributed by atoms with Crippen LogP contribution in [-0.2, 0) is 20.1 Å². The Hall–Kier alpha value is -2.83. The van der Waals surface area contributed by atoms with Crippen LogP contribution in [0.15, 0.2) is 39.9 Å². The van der Waals surface area contributed by atoms with Gasteiger partial charge in [-0.2, -0.15) is 4.98 Å². The van der Waals surface area contributed by atoms with Gasteiger partial charge in [-0.15, -0.1) is 0 Å². The molecule has 3 heterocycles. The van der Waals surface area contributed by atoms with E-state index in [1.165, 1.54) is 9.13 Å². The molecule has 3 aromatic rings. The molecule has 0 N–H and O–H groups in total. The molecule has 0 saturated heterocycles. The van der Waals surface area contributed by atoms with E-state index in [2.05, 4.69) is 16.8 Å². The van der Waals surface area contributed by atoms with Gasteiger partial charge in [-0.05, 0) is 18.6 Å². The van der Waals surface area contributed by atoms with Gasteiger partial charge in [0.25, 0.3) is 5.56 Å². The first-order valence-electron chi connectivity index (χ1n) is 9.66. The zero-order valence-electron chi connectivity index (χ0n) is 15.9. The highest BCUT2D eigenvalue weighted by atomic mass is 16.2. The maximum absolute atomic E-state index is 13.1. The summed E-state index contributed by atoms with van der Waals surface area (Å²) in [5.41, 5.74) is 1.52. The van der Waals surface area contributed by atoms with E-state index in [1.807, 2.05) is 34.9 Å². The summed E-state index contributed by atoms with van der Waals surface area (Å²) in [6, 6.07) is 10.0. The van der Waals surface area contributed by atoms with Crippen LogP contribution in [0.4, 0.5) is 11.6 Å². The van der Waals surface area contributed by atoms with E-state index in [0.29, 0.717) is 24.3 Å². The number of hydrogen-bond acceptors (Lipinski definition) is 4. The number of fused-ring (bicyclic) bond motifs is 3. The Kier molecular flexibility index (Phi) is 4.59. The Bertz CT molecular complexity index is 1080. The molecule has 27 heavy (non-hydrogen) atoms. The van der Waals surface area contributed by atoms with Gasteiger partial charge in [0, 0.05) is 32.4 Å². The average Bonchev–Trinajstić information content (AvgIpc) is 3.25. The molecule has 0 aliphatic carbocycles. The summed E-state index contributed by atoms with van der Waals surface area (Å²) in [5.74, 6) is 0.729. The Morgan fingerprint density at radius 1 is 1.04 bits per heavy atom. The van der Waals surface area contributed by atoms with Gasteiger partial charge >= 0.3 is 5.69 Å². The van der Waals surface area contributed by atoms with E-state index < -0.39 is 0 Å². The number of unbranched alkanes of at least 4 members (excludes halogenated alkanes) is 3. The van der Waals surface area contributed by atoms with E-state index in [-0.39, 0.29) is 11.2 Å². The van der Waals surface area contributed by atoms with Gasteiger partial charge in [0.05, 0.1) is 0 Å². The van der Waals surface area contributed by atoms with Crippen LogP contribution in [0.5, 0.6) is 0 Å². The van der Waals surface area contributed by atoms with Crippen LogP contribution in [0.1, 0.15) is 32.6 Å². The molecule has 0 atom stereocenters. The van der Waals surface area contributed by atoms with Crippen LogP contribution in [0, 0.1) is 0 Å². The normalized spacial score (nSPS) is 13.5. The molecular weight excluding hydrogens is 342 g/mol. The summed E-state index contributed by atoms with van der Waals surface area (Å²) in [5, 5.41) is 0. The molecule has 0 radical (unpaired) electrons. The Balaban J connectivity index is 1.81. The number of aryl methyl sites for hydroxylation is 1. The van der Waals surface area contributed by atoms with Crippen LogP contribution in [0.3, 0.4) is 0 Å². The number of para-hydroxylation sites is 1. The van der Waals surface area contributed by atoms with Gasteiger partial charge < -0.3 is 9.47 Å². The first kappa shape index (κ1) is 17.6. The second kappa shape index (κ2) is 7.06. The van der Waals surface area contributed by atoms with E-state index in [4.69, 9.17) is 0 Å². The molecule has 0 amide bonds. The molecule has 1 aliphatic heterocycles. The molecule has 0 fully saturated rings. The lowest BCUT2D eigenvalue weighted by atomic mass is 10.2. The Labute approximate surface area is 157 Å². The third-order valence-electron chi connectivity index (χ3n) is 5.30. The molecule has 0 spiro atoms. The van der Waals surface area contributed by atoms with Crippen molar-refractivity contribution < 1.29 is 0 Å². The van der Waals surface area contributed by atoms with E-state index in [9.17, 15) is 9.59 Å². The predicted molar refractivity (Wildman–Crippen MR) is 107 cm³/mol. The molecule has 0 unspecified atom stereocenters. The lowest BCUT2D eigenvalue weighted by molar-refractivity contribution is 0.538. The Morgan fingerprint density at radius 2 is 1.81 bits per heavy atom. The summed E-state index contributed by atoms with van der Waals surface area (Å²) in [6.07, 6.45) is 4.10. The van der Waals surface area contributed by atoms with Gasteiger partial charge in [0.2, 0.25) is 5.95 Å². The fourth-order valence-electron chi connectivity index (χ4n) is 3.82. The van der Waals surface area contributed by atoms with E-state index in [1.54, 1.807) is 7.05 Å². The smallest absolute Gasteiger partial charge is 0.310 e. The van der Waals surface area contributed by atoms with Crippen molar-refractivity contribution in [2.24, 2.45) is 7.05 Å². The lowest BCUT2D eigenvalue weighted by Gasteiger charge is -2.15. The van der Waals surface area contributed by atoms with Crippen LogP contribution in [0.25, 0.3) is 11.2 Å². The number of anilines is 2. The average molecular weight is 367 g/mol. The second-order valence-electron chi connectivity index (χ2n) is 7.08. The first-order valence-corrected chi connectivity index (χ1v) is 9.66. The van der Waals surface area contributed by atoms with Crippen molar-refractivity contribution in [3.05, 3.63) is 51.2 Å². The zero-order chi connectivity index (χ0) is 19.0. The lowest BCUT2D eigenvalue weighted by Crippen LogP contribution is -2.39. The summed E-state index contributed by atoms with van der Waals surface area (Å²) in [4.78, 5) is 32.6. The minimum atomic E-state index is -0.285. The molecule has 7 nitrogen and oxygen atoms in total. The SMILES string of the molecule is CCCCCCn1c(=O)c2c(nc3n2CCN3c2ccccc2)n(C)c1=O. The summed E-state index contributed by atoms with van der Waals surface area (Å²) in [7, 11) is 1.70. The molecule has 1 aromatic carbocycles. The van der Waals surface area contributed by atoms with E-state index >= 15 is 0 Å². The maximum atomic E-state index is 13.1. The zero-order valence-corrected chi connectivity index (χ0v) is 15.9. The van der Waals surface area contributed by atoms with Crippen molar-refractivity contribution in [3.8, 4) is 0 Å². The van der Waals surface area contributed by atoms with Crippen molar-refractivity contribution in [1.82, 2.24) is 18.7 Å². The van der Waals surface area contributed by atoms with E-state index in [0.717, 1.165) is 43.9 Å². The Morgan fingerprint density at radius 3 is 2.56 bits per heavy atom. The van der Waals surface area contributed by atoms with Gasteiger partial charge in [-0.25, -0.2) is 4.79 Å². The molecule has 2 aromatic heterocycles. The van der Waals surface area contributed by atoms with Gasteiger partial charge in [-0.3, -0.25) is 13.9 Å². The third-order valence-corrected chi connectivity index (χ3v) is 5.30. The summed E-state index contributed by atoms with van der Waals surface area (Å²) in [6.45, 7) is 4.06. The molecule has 1 aliphatic rings. The second-order valence-corrected chi connectivity index (χ2v) is 7.08. The third kappa shape index (κ3) is 2.87. The topological polar surface area (TPSA) is 65.1 Å². The van der Waals surface area contributed by atoms with Crippen LogP contribution in [0.2, 0.25) is 0 Å². The van der Waals surface area contributed by atoms with Crippen LogP contribution in [-0.4, -0.2) is 25.2 Å². The summed E-state index contributed by atoms with van der Waals surface area (Å²) < 4.78 is 4.83. The van der Waals surface area contributed by atoms with Crippen molar-refractivity contribution in [1.29, 1.82) is 0 Å². The molecule has 0 bridgehead atoms. The predicted octanol–water partition coefficient (Wildman–Crippen LogP) is 2.63. The highest BCUT2D eigenvalue weighted by molar-refractivity contribution is 5.77. The largest absolute Gasteiger partial charge is 0.332 e. The number of nitrogens with zero attached hydrogens (tertiary/aromatic N) is 5. The first-order chi connectivity index (χ1) is 13.1. The highest BCUT2D eigenvalue weighted by Gasteiger charge is 2.28. The molecular formula is C20H25N5O2. The number of imidazole rings is 1. The van der Waals surface area contributed by atoms with Crippen molar-refractivity contribution in [2.75, 3.05) is 11.4 Å². The number of hydrogen-bond donors (Lipinski definition) is 0. The number of aromatic nitrogens is 4. The van der Waals surface area contributed by atoms with Crippen LogP contribution >= 0.6 is 0 Å². The number of benzene rings is 1. The minimum absolute atomic E-state index is 0.224. The quantitative estimate of drug-likeness (QED) is 0.628. The maximum Gasteiger partial charge on any atom is 0.332 e. The van der Waals surface area contributed by atoms with Crippen molar-refractivity contribution >= 4 is 22.8 Å². The highest BCUT2D eigenvalue weighted by Crippen LogP contribution is 2.31. The monoisotopic (exact) mass is 367 g/mol. The molecule has 0 saturated carbocycles. The fraction of sp³-hybridized carbons (Fsp3) is 0.450. The molecule has 142 valence electrons. The standard InChI is InChI=1S/C20H25N5O2/c1-3-4-5-9-12-25-18(26)16-17(22(2)20(25)27)21-19-23(13-14-24(16)19)15-10-7-6-8-11-15/h6-8,10-11H,3-5,9,12-14H2,1-2H3. The van der Waals surface area contributed by atoms with Gasteiger partial charge in [0.15, 0.2) is 11.2 Å². The van der Waals surface area contributed by atoms with Gasteiger partial charge in [-0.1, -0.05) is 44.4 Å². The number of rotatable bonds is 6. The summed E-state index contributed by atoms with van der Waals surface area (Å²) >= 11 is 0. The molecule has 7 heteroatoms. The van der Waals surface area contributed by atoms with Gasteiger partial charge in [0.1, 0.15) is 0 Å². The fourth-order valence-corrected chi connectivity index (χ4v) is 3.82. The minimum Gasteiger partial charge on any atom is -0.310 e. The van der Waals surface area contributed by atoms with Crippen molar-refractivity contribution in [2.45, 2.75) is 45.7 Å². The van der Waals surface area contributed by atoms with Crippen molar-refractivity contribution in [3.63, 3.8) is 0 Å². The molecule has 4 rings (SSSR count).